The van der Waals surface area contributed by atoms with Crippen LogP contribution in [0.1, 0.15) is 41.4 Å². The van der Waals surface area contributed by atoms with E-state index < -0.39 is 17.2 Å². The summed E-state index contributed by atoms with van der Waals surface area (Å²) < 4.78 is 34.2. The lowest BCUT2D eigenvalue weighted by Gasteiger charge is -2.31. The van der Waals surface area contributed by atoms with E-state index in [1.165, 1.54) is 18.5 Å². The van der Waals surface area contributed by atoms with Crippen LogP contribution in [0.4, 0.5) is 8.78 Å². The molecule has 0 amide bonds. The lowest BCUT2D eigenvalue weighted by atomic mass is 9.82. The predicted octanol–water partition coefficient (Wildman–Crippen LogP) is 2.80. The average molecular weight is 410 g/mol. The number of hydrogen-bond acceptors (Lipinski definition) is 6. The molecule has 30 heavy (non-hydrogen) atoms. The molecule has 2 N–H and O–H groups in total. The highest BCUT2D eigenvalue weighted by Crippen LogP contribution is 2.57. The molecule has 1 saturated carbocycles. The highest BCUT2D eigenvalue weighted by atomic mass is 19.2. The second-order valence-corrected chi connectivity index (χ2v) is 7.83. The van der Waals surface area contributed by atoms with Crippen LogP contribution >= 0.6 is 0 Å². The third kappa shape index (κ3) is 3.63. The van der Waals surface area contributed by atoms with Gasteiger partial charge < -0.3 is 10.5 Å². The molecular weight excluding hydrogens is 390 g/mol. The van der Waals surface area contributed by atoms with Crippen molar-refractivity contribution in [2.45, 2.75) is 31.7 Å². The van der Waals surface area contributed by atoms with Crippen LogP contribution in [0.25, 0.3) is 0 Å². The number of carbonyl (C=O) groups excluding carboxylic acids is 1. The summed E-state index contributed by atoms with van der Waals surface area (Å²) in [6, 6.07) is 2.53. The molecular formula is C22H20F2N4O2. The van der Waals surface area contributed by atoms with Gasteiger partial charge in [-0.25, -0.2) is 18.7 Å². The van der Waals surface area contributed by atoms with E-state index in [9.17, 15) is 13.6 Å². The average Bonchev–Trinajstić information content (AvgIpc) is 3.49. The van der Waals surface area contributed by atoms with Crippen LogP contribution in [-0.4, -0.2) is 28.2 Å². The maximum Gasteiger partial charge on any atom is 0.233 e. The molecule has 0 bridgehead atoms. The van der Waals surface area contributed by atoms with Crippen molar-refractivity contribution in [1.82, 2.24) is 9.97 Å². The van der Waals surface area contributed by atoms with Gasteiger partial charge in [0.1, 0.15) is 5.69 Å². The van der Waals surface area contributed by atoms with E-state index in [2.05, 4.69) is 20.9 Å². The number of nitrogens with zero attached hydrogens (tertiary/aromatic N) is 3. The van der Waals surface area contributed by atoms with Crippen molar-refractivity contribution in [3.8, 4) is 18.2 Å². The maximum absolute atomic E-state index is 14.7. The van der Waals surface area contributed by atoms with Crippen LogP contribution in [0.15, 0.2) is 29.5 Å². The second-order valence-electron chi connectivity index (χ2n) is 7.83. The minimum absolute atomic E-state index is 0.0349. The topological polar surface area (TPSA) is 90.5 Å². The van der Waals surface area contributed by atoms with Crippen LogP contribution < -0.4 is 10.5 Å². The molecule has 0 spiro atoms. The summed E-state index contributed by atoms with van der Waals surface area (Å²) in [6.07, 6.45) is 9.05. The zero-order valence-corrected chi connectivity index (χ0v) is 16.4. The maximum atomic E-state index is 14.7. The van der Waals surface area contributed by atoms with Gasteiger partial charge in [-0.15, -0.1) is 6.42 Å². The first-order chi connectivity index (χ1) is 14.3. The first kappa shape index (κ1) is 20.0. The Bertz CT molecular complexity index is 1080. The van der Waals surface area contributed by atoms with Crippen molar-refractivity contribution in [3.05, 3.63) is 53.0 Å². The fourth-order valence-electron chi connectivity index (χ4n) is 4.16. The Kier molecular flexibility index (Phi) is 4.98. The van der Waals surface area contributed by atoms with Crippen molar-refractivity contribution >= 4 is 11.6 Å². The molecule has 8 heteroatoms. The predicted molar refractivity (Wildman–Crippen MR) is 106 cm³/mol. The van der Waals surface area contributed by atoms with E-state index in [-0.39, 0.29) is 41.9 Å². The van der Waals surface area contributed by atoms with E-state index in [0.29, 0.717) is 23.7 Å². The number of benzene rings is 1. The monoisotopic (exact) mass is 410 g/mol. The molecule has 2 heterocycles. The van der Waals surface area contributed by atoms with E-state index in [4.69, 9.17) is 16.9 Å². The molecule has 1 aromatic carbocycles. The Morgan fingerprint density at radius 1 is 1.37 bits per heavy atom. The van der Waals surface area contributed by atoms with Crippen molar-refractivity contribution in [2.75, 3.05) is 6.61 Å². The van der Waals surface area contributed by atoms with E-state index in [1.807, 2.05) is 0 Å². The minimum Gasteiger partial charge on any atom is -0.463 e. The number of aromatic nitrogens is 2. The van der Waals surface area contributed by atoms with Gasteiger partial charge in [-0.2, -0.15) is 0 Å². The Balaban J connectivity index is 1.59. The molecule has 1 aliphatic heterocycles. The molecule has 2 aromatic rings. The van der Waals surface area contributed by atoms with Crippen LogP contribution in [-0.2, 0) is 12.0 Å². The summed E-state index contributed by atoms with van der Waals surface area (Å²) in [5.74, 6) is 1.04. The number of Topliss-reactive ketones (excluding diaryl/α,β-unsaturated/α-hetero) is 1. The number of halogens is 2. The van der Waals surface area contributed by atoms with Crippen molar-refractivity contribution in [3.63, 3.8) is 0 Å². The zero-order chi connectivity index (χ0) is 21.5. The lowest BCUT2D eigenvalue weighted by Crippen LogP contribution is -2.33. The van der Waals surface area contributed by atoms with Crippen molar-refractivity contribution < 1.29 is 18.3 Å². The second kappa shape index (κ2) is 7.48. The highest BCUT2D eigenvalue weighted by molar-refractivity contribution is 5.95. The summed E-state index contributed by atoms with van der Waals surface area (Å²) >= 11 is 0. The minimum atomic E-state index is -1.02. The summed E-state index contributed by atoms with van der Waals surface area (Å²) in [5, 5.41) is 0. The van der Waals surface area contributed by atoms with Crippen LogP contribution in [0.5, 0.6) is 5.88 Å². The number of hydrogen-bond donors (Lipinski definition) is 1. The number of ether oxygens (including phenoxy) is 1. The molecule has 6 nitrogen and oxygen atoms in total. The highest BCUT2D eigenvalue weighted by Gasteiger charge is 2.55. The fraction of sp³-hybridized carbons (Fsp3) is 0.364. The van der Waals surface area contributed by atoms with Gasteiger partial charge in [0.15, 0.2) is 24.0 Å². The van der Waals surface area contributed by atoms with Gasteiger partial charge in [-0.1, -0.05) is 5.92 Å². The van der Waals surface area contributed by atoms with E-state index >= 15 is 0 Å². The van der Waals surface area contributed by atoms with Gasteiger partial charge in [0.05, 0.1) is 23.8 Å². The zero-order valence-electron chi connectivity index (χ0n) is 16.4. The van der Waals surface area contributed by atoms with Gasteiger partial charge in [0, 0.05) is 18.4 Å². The molecule has 0 saturated heterocycles. The molecule has 1 aromatic heterocycles. The van der Waals surface area contributed by atoms with Gasteiger partial charge in [0.2, 0.25) is 5.88 Å². The largest absolute Gasteiger partial charge is 0.463 e. The van der Waals surface area contributed by atoms with E-state index in [0.717, 1.165) is 12.5 Å². The number of carbonyl (C=O) groups is 1. The van der Waals surface area contributed by atoms with Crippen LogP contribution in [0.3, 0.4) is 0 Å². The number of rotatable bonds is 6. The Labute approximate surface area is 172 Å². The van der Waals surface area contributed by atoms with Crippen LogP contribution in [0, 0.1) is 35.8 Å². The molecule has 1 aliphatic carbocycles. The summed E-state index contributed by atoms with van der Waals surface area (Å²) in [5.41, 5.74) is 5.55. The molecule has 4 rings (SSSR count). The molecule has 0 radical (unpaired) electrons. The van der Waals surface area contributed by atoms with Crippen molar-refractivity contribution in [2.24, 2.45) is 22.6 Å². The standard InChI is InChI=1S/C22H20F2N4O2/c1-3-4-30-20-11-26-17(10-27-20)18(29)7-12-5-15(21(24)16(23)6-12)22(2)14-8-13(14)9-19(25)28-22/h1,5-6,10-11,13-14H,4,7-9H2,2H3,(H2,25,28)/t13-,14-,22+/m1/s1. The Morgan fingerprint density at radius 2 is 2.17 bits per heavy atom. The summed E-state index contributed by atoms with van der Waals surface area (Å²) in [7, 11) is 0. The fourth-order valence-corrected chi connectivity index (χ4v) is 4.16. The van der Waals surface area contributed by atoms with Crippen molar-refractivity contribution in [1.29, 1.82) is 0 Å². The SMILES string of the molecule is C#CCOc1cnc(C(=O)Cc2cc(F)c(F)c([C@@]3(C)N=C(N)C[C@H]4C[C@H]43)c2)cn1. The number of aliphatic imine (C=N–C) groups is 1. The number of terminal acetylenes is 1. The Morgan fingerprint density at radius 3 is 2.87 bits per heavy atom. The summed E-state index contributed by atoms with van der Waals surface area (Å²) in [4.78, 5) is 25.0. The number of nitrogens with two attached hydrogens (primary N) is 1. The van der Waals surface area contributed by atoms with E-state index in [1.54, 1.807) is 6.92 Å². The molecule has 2 aliphatic rings. The third-order valence-corrected chi connectivity index (χ3v) is 5.71. The first-order valence-corrected chi connectivity index (χ1v) is 9.56. The Hall–Kier alpha value is -3.34. The quantitative estimate of drug-likeness (QED) is 0.584. The van der Waals surface area contributed by atoms with Gasteiger partial charge in [0.25, 0.3) is 0 Å². The molecule has 3 atom stereocenters. The summed E-state index contributed by atoms with van der Waals surface area (Å²) in [6.45, 7) is 1.81. The molecule has 0 unspecified atom stereocenters. The van der Waals surface area contributed by atoms with Gasteiger partial charge in [-0.3, -0.25) is 9.79 Å². The first-order valence-electron chi connectivity index (χ1n) is 9.56. The number of ketones is 1. The van der Waals surface area contributed by atoms with Gasteiger partial charge in [-0.05, 0) is 42.9 Å². The smallest absolute Gasteiger partial charge is 0.233 e. The lowest BCUT2D eigenvalue weighted by molar-refractivity contribution is 0.0987. The normalized spacial score (nSPS) is 24.4. The molecule has 154 valence electrons. The van der Waals surface area contributed by atoms with Gasteiger partial charge >= 0.3 is 0 Å². The van der Waals surface area contributed by atoms with Crippen LogP contribution in [0.2, 0.25) is 0 Å². The number of fused-ring (bicyclic) bond motifs is 1. The molecule has 1 fully saturated rings. The number of amidine groups is 1. The third-order valence-electron chi connectivity index (χ3n) is 5.71.